The molecule has 0 saturated carbocycles. The smallest absolute Gasteiger partial charge is 0.189 e. The van der Waals surface area contributed by atoms with E-state index in [1.807, 2.05) is 20.2 Å². The largest absolute Gasteiger partial charge is 0.508 e. The van der Waals surface area contributed by atoms with Gasteiger partial charge in [0.05, 0.1) is 5.41 Å². The van der Waals surface area contributed by atoms with Crippen molar-refractivity contribution in [2.24, 2.45) is 11.3 Å². The molecule has 7 heteroatoms. The summed E-state index contributed by atoms with van der Waals surface area (Å²) in [5.41, 5.74) is 1.12. The fraction of sp³-hybridized carbons (Fsp3) is 0.438. The van der Waals surface area contributed by atoms with E-state index in [1.54, 1.807) is 31.2 Å². The van der Waals surface area contributed by atoms with Crippen molar-refractivity contribution in [3.63, 3.8) is 0 Å². The molecule has 2 aliphatic rings. The number of phenolic OH excluding ortho intramolecular Hbond substituents is 1. The fourth-order valence-corrected chi connectivity index (χ4v) is 6.32. The summed E-state index contributed by atoms with van der Waals surface area (Å²) in [4.78, 5) is 30.5. The number of phenols is 1. The highest BCUT2D eigenvalue weighted by atomic mass is 35.5. The molecule has 0 amide bonds. The van der Waals surface area contributed by atoms with Crippen LogP contribution in [0.4, 0.5) is 4.39 Å². The number of aromatic hydroxyl groups is 1. The van der Waals surface area contributed by atoms with Gasteiger partial charge < -0.3 is 15.3 Å². The summed E-state index contributed by atoms with van der Waals surface area (Å²) in [5, 5.41) is 13.7. The lowest BCUT2D eigenvalue weighted by atomic mass is 9.65. The van der Waals surface area contributed by atoms with Crippen LogP contribution in [0.15, 0.2) is 59.1 Å². The number of halogens is 2. The van der Waals surface area contributed by atoms with Crippen LogP contribution in [0.2, 0.25) is 0 Å². The molecule has 208 valence electrons. The van der Waals surface area contributed by atoms with Gasteiger partial charge >= 0.3 is 0 Å². The second kappa shape index (κ2) is 12.6. The molecule has 2 N–H and O–H groups in total. The Bertz CT molecular complexity index is 1300. The van der Waals surface area contributed by atoms with Crippen molar-refractivity contribution in [2.45, 2.75) is 45.4 Å². The van der Waals surface area contributed by atoms with Crippen LogP contribution < -0.4 is 5.32 Å². The van der Waals surface area contributed by atoms with E-state index in [2.05, 4.69) is 10.2 Å². The Morgan fingerprint density at radius 3 is 2.64 bits per heavy atom. The van der Waals surface area contributed by atoms with E-state index < -0.39 is 11.2 Å². The van der Waals surface area contributed by atoms with Crippen LogP contribution in [0.5, 0.6) is 5.75 Å². The zero-order valence-corrected chi connectivity index (χ0v) is 23.8. The van der Waals surface area contributed by atoms with E-state index in [-0.39, 0.29) is 29.7 Å². The normalized spacial score (nSPS) is 21.7. The summed E-state index contributed by atoms with van der Waals surface area (Å²) in [5.74, 6) is -0.792. The third-order valence-corrected chi connectivity index (χ3v) is 8.29. The number of unbranched alkanes of at least 4 members (excludes halogenated alkanes) is 1. The second-order valence-corrected chi connectivity index (χ2v) is 11.5. The highest BCUT2D eigenvalue weighted by Crippen LogP contribution is 2.49. The van der Waals surface area contributed by atoms with Crippen LogP contribution in [0.25, 0.3) is 5.57 Å². The molecule has 2 unspecified atom stereocenters. The molecule has 1 aliphatic heterocycles. The van der Waals surface area contributed by atoms with Gasteiger partial charge in [-0.1, -0.05) is 48.4 Å². The number of allylic oxidation sites excluding steroid dienone is 4. The van der Waals surface area contributed by atoms with Gasteiger partial charge in [0.15, 0.2) is 5.78 Å². The van der Waals surface area contributed by atoms with Crippen LogP contribution >= 0.6 is 11.6 Å². The van der Waals surface area contributed by atoms with Gasteiger partial charge in [-0.2, -0.15) is 0 Å². The summed E-state index contributed by atoms with van der Waals surface area (Å²) in [7, 11) is 4.04. The molecule has 1 heterocycles. The maximum absolute atomic E-state index is 14.7. The molecule has 0 bridgehead atoms. The lowest BCUT2D eigenvalue weighted by molar-refractivity contribution is -0.131. The number of nitrogens with one attached hydrogen (secondary N) is 1. The van der Waals surface area contributed by atoms with Crippen molar-refractivity contribution in [3.8, 4) is 5.75 Å². The Labute approximate surface area is 235 Å². The van der Waals surface area contributed by atoms with E-state index >= 15 is 0 Å². The minimum Gasteiger partial charge on any atom is -0.508 e. The molecule has 2 aromatic carbocycles. The van der Waals surface area contributed by atoms with Crippen LogP contribution in [0.1, 0.15) is 60.0 Å². The fourth-order valence-electron chi connectivity index (χ4n) is 5.89. The number of carbonyl (C=O) groups excluding carboxylic acids is 2. The Morgan fingerprint density at radius 2 is 1.95 bits per heavy atom. The molecular weight excluding hydrogens is 515 g/mol. The van der Waals surface area contributed by atoms with Gasteiger partial charge in [0.2, 0.25) is 0 Å². The average Bonchev–Trinajstić information content (AvgIpc) is 2.92. The quantitative estimate of drug-likeness (QED) is 0.268. The number of carbonyl (C=O) groups is 2. The summed E-state index contributed by atoms with van der Waals surface area (Å²) >= 11 is 7.03. The molecular formula is C32H38ClFN2O3. The van der Waals surface area contributed by atoms with Crippen LogP contribution in [-0.4, -0.2) is 55.3 Å². The molecule has 1 aliphatic carbocycles. The Balaban J connectivity index is 1.85. The van der Waals surface area contributed by atoms with Gasteiger partial charge in [-0.05, 0) is 95.5 Å². The maximum Gasteiger partial charge on any atom is 0.189 e. The van der Waals surface area contributed by atoms with Gasteiger partial charge in [-0.25, -0.2) is 4.39 Å². The predicted octanol–water partition coefficient (Wildman–Crippen LogP) is 6.29. The zero-order chi connectivity index (χ0) is 28.2. The SMILES string of the molecule is Cc1c(F)cccc1C1=C(C(=O)c2cccc(O)c2)CC(CCCCN(C)C)(C(=O)C2CCCNC2)C=C1Cl. The monoisotopic (exact) mass is 552 g/mol. The number of Topliss-reactive ketones (excluding diaryl/α,β-unsaturated/α-hetero) is 2. The summed E-state index contributed by atoms with van der Waals surface area (Å²) in [6.07, 6.45) is 6.02. The topological polar surface area (TPSA) is 69.6 Å². The zero-order valence-electron chi connectivity index (χ0n) is 23.0. The van der Waals surface area contributed by atoms with E-state index in [0.717, 1.165) is 38.8 Å². The van der Waals surface area contributed by atoms with E-state index in [9.17, 15) is 19.1 Å². The van der Waals surface area contributed by atoms with Gasteiger partial charge in [-0.3, -0.25) is 9.59 Å². The molecule has 1 fully saturated rings. The Kier molecular flexibility index (Phi) is 9.42. The number of ketones is 2. The van der Waals surface area contributed by atoms with Crippen molar-refractivity contribution >= 4 is 28.7 Å². The first kappa shape index (κ1) is 29.2. The molecule has 2 aromatic rings. The van der Waals surface area contributed by atoms with Gasteiger partial charge in [0.1, 0.15) is 17.3 Å². The van der Waals surface area contributed by atoms with Crippen molar-refractivity contribution in [1.82, 2.24) is 10.2 Å². The highest BCUT2D eigenvalue weighted by Gasteiger charge is 2.45. The number of piperidine rings is 1. The van der Waals surface area contributed by atoms with Crippen molar-refractivity contribution < 1.29 is 19.1 Å². The van der Waals surface area contributed by atoms with Gasteiger partial charge in [0.25, 0.3) is 0 Å². The van der Waals surface area contributed by atoms with E-state index in [1.165, 1.54) is 18.2 Å². The Hall–Kier alpha value is -2.80. The number of nitrogens with zero attached hydrogens (tertiary/aromatic N) is 1. The first-order chi connectivity index (χ1) is 18.6. The first-order valence-corrected chi connectivity index (χ1v) is 14.1. The van der Waals surface area contributed by atoms with Crippen molar-refractivity contribution in [2.75, 3.05) is 33.7 Å². The number of benzene rings is 2. The van der Waals surface area contributed by atoms with Crippen LogP contribution in [0, 0.1) is 24.1 Å². The summed E-state index contributed by atoms with van der Waals surface area (Å²) in [6.45, 7) is 4.06. The average molecular weight is 553 g/mol. The minimum atomic E-state index is -0.945. The lowest BCUT2D eigenvalue weighted by Gasteiger charge is -2.39. The maximum atomic E-state index is 14.7. The number of hydrogen-bond acceptors (Lipinski definition) is 5. The molecule has 5 nitrogen and oxygen atoms in total. The summed E-state index contributed by atoms with van der Waals surface area (Å²) in [6, 6.07) is 10.9. The van der Waals surface area contributed by atoms with Crippen LogP contribution in [0.3, 0.4) is 0 Å². The van der Waals surface area contributed by atoms with E-state index in [4.69, 9.17) is 11.6 Å². The molecule has 0 radical (unpaired) electrons. The second-order valence-electron chi connectivity index (χ2n) is 11.1. The standard InChI is InChI=1S/C32H38ClFN2O3/c1-21-25(12-7-13-28(21)34)29-26(30(38)22-9-6-11-24(37)17-22)18-32(19-27(29)33,14-4-5-16-36(2)3)31(39)23-10-8-15-35-20-23/h6-7,9,11-13,17,19,23,35,37H,4-5,8,10,14-16,18,20H2,1-3H3. The highest BCUT2D eigenvalue weighted by molar-refractivity contribution is 6.39. The molecule has 1 saturated heterocycles. The molecule has 0 aromatic heterocycles. The molecule has 4 rings (SSSR count). The third-order valence-electron chi connectivity index (χ3n) is 7.99. The number of hydrogen-bond donors (Lipinski definition) is 2. The predicted molar refractivity (Wildman–Crippen MR) is 154 cm³/mol. The Morgan fingerprint density at radius 1 is 1.18 bits per heavy atom. The minimum absolute atomic E-state index is 0.0262. The summed E-state index contributed by atoms with van der Waals surface area (Å²) < 4.78 is 14.7. The van der Waals surface area contributed by atoms with Crippen molar-refractivity contribution in [1.29, 1.82) is 0 Å². The van der Waals surface area contributed by atoms with E-state index in [0.29, 0.717) is 45.8 Å². The molecule has 2 atom stereocenters. The van der Waals surface area contributed by atoms with Crippen molar-refractivity contribution in [3.05, 3.63) is 81.7 Å². The van der Waals surface area contributed by atoms with Crippen LogP contribution in [-0.2, 0) is 4.79 Å². The van der Waals surface area contributed by atoms with Gasteiger partial charge in [-0.15, -0.1) is 0 Å². The van der Waals surface area contributed by atoms with Gasteiger partial charge in [0, 0.05) is 34.2 Å². The first-order valence-electron chi connectivity index (χ1n) is 13.7. The third kappa shape index (κ3) is 6.51. The lowest BCUT2D eigenvalue weighted by Crippen LogP contribution is -2.43. The molecule has 39 heavy (non-hydrogen) atoms. The number of rotatable bonds is 10. The molecule has 0 spiro atoms.